The zero-order chi connectivity index (χ0) is 13.2. The summed E-state index contributed by atoms with van der Waals surface area (Å²) in [5.41, 5.74) is -0.786. The van der Waals surface area contributed by atoms with Crippen molar-refractivity contribution in [3.63, 3.8) is 0 Å². The minimum atomic E-state index is -0.820. The van der Waals surface area contributed by atoms with Gasteiger partial charge in [0.2, 0.25) is 0 Å². The van der Waals surface area contributed by atoms with Crippen molar-refractivity contribution < 1.29 is 14.7 Å². The number of nitrogens with zero attached hydrogens (tertiary/aromatic N) is 1. The van der Waals surface area contributed by atoms with Crippen LogP contribution in [0.5, 0.6) is 0 Å². The SMILES string of the molecule is CC1(C(=O)O)CCN(C(=O)NC2CCNCC2)C1. The molecular weight excluding hydrogens is 234 g/mol. The minimum absolute atomic E-state index is 0.119. The van der Waals surface area contributed by atoms with Gasteiger partial charge in [-0.1, -0.05) is 0 Å². The first-order valence-corrected chi connectivity index (χ1v) is 6.51. The highest BCUT2D eigenvalue weighted by Gasteiger charge is 2.42. The molecule has 2 fully saturated rings. The summed E-state index contributed by atoms with van der Waals surface area (Å²) in [5.74, 6) is -0.820. The quantitative estimate of drug-likeness (QED) is 0.660. The Balaban J connectivity index is 1.85. The molecule has 0 aliphatic carbocycles. The van der Waals surface area contributed by atoms with Crippen LogP contribution in [0, 0.1) is 5.41 Å². The molecule has 0 spiro atoms. The van der Waals surface area contributed by atoms with E-state index >= 15 is 0 Å². The molecule has 2 aliphatic heterocycles. The van der Waals surface area contributed by atoms with Crippen LogP contribution in [-0.4, -0.2) is 54.2 Å². The highest BCUT2D eigenvalue weighted by Crippen LogP contribution is 2.30. The molecule has 18 heavy (non-hydrogen) atoms. The van der Waals surface area contributed by atoms with Crippen molar-refractivity contribution in [2.24, 2.45) is 5.41 Å². The van der Waals surface area contributed by atoms with Crippen LogP contribution in [0.2, 0.25) is 0 Å². The molecule has 6 nitrogen and oxygen atoms in total. The zero-order valence-electron chi connectivity index (χ0n) is 10.7. The second-order valence-corrected chi connectivity index (χ2v) is 5.51. The van der Waals surface area contributed by atoms with Gasteiger partial charge in [-0.05, 0) is 39.3 Å². The monoisotopic (exact) mass is 255 g/mol. The maximum atomic E-state index is 12.0. The predicted molar refractivity (Wildman–Crippen MR) is 66.4 cm³/mol. The Morgan fingerprint density at radius 2 is 2.06 bits per heavy atom. The third kappa shape index (κ3) is 2.75. The Hall–Kier alpha value is -1.30. The molecule has 1 unspecified atom stereocenters. The fourth-order valence-electron chi connectivity index (χ4n) is 2.54. The highest BCUT2D eigenvalue weighted by atomic mass is 16.4. The first kappa shape index (κ1) is 13.1. The van der Waals surface area contributed by atoms with Crippen molar-refractivity contribution in [2.45, 2.75) is 32.2 Å². The third-order valence-electron chi connectivity index (χ3n) is 3.94. The maximum absolute atomic E-state index is 12.0. The zero-order valence-corrected chi connectivity index (χ0v) is 10.7. The number of carbonyl (C=O) groups is 2. The van der Waals surface area contributed by atoms with Gasteiger partial charge in [0.1, 0.15) is 0 Å². The van der Waals surface area contributed by atoms with Crippen LogP contribution in [-0.2, 0) is 4.79 Å². The van der Waals surface area contributed by atoms with E-state index in [9.17, 15) is 9.59 Å². The number of carbonyl (C=O) groups excluding carboxylic acids is 1. The lowest BCUT2D eigenvalue weighted by atomic mass is 9.90. The number of rotatable bonds is 2. The van der Waals surface area contributed by atoms with Gasteiger partial charge >= 0.3 is 12.0 Å². The van der Waals surface area contributed by atoms with Gasteiger partial charge in [-0.15, -0.1) is 0 Å². The molecule has 0 bridgehead atoms. The van der Waals surface area contributed by atoms with Crippen molar-refractivity contribution >= 4 is 12.0 Å². The summed E-state index contributed by atoms with van der Waals surface area (Å²) in [5, 5.41) is 15.4. The van der Waals surface area contributed by atoms with Crippen LogP contribution < -0.4 is 10.6 Å². The second-order valence-electron chi connectivity index (χ2n) is 5.51. The first-order chi connectivity index (χ1) is 8.51. The molecule has 0 saturated carbocycles. The standard InChI is InChI=1S/C12H21N3O3/c1-12(10(16)17)4-7-15(8-12)11(18)14-9-2-5-13-6-3-9/h9,13H,2-8H2,1H3,(H,14,18)(H,16,17). The van der Waals surface area contributed by atoms with E-state index in [0.29, 0.717) is 19.5 Å². The minimum Gasteiger partial charge on any atom is -0.481 e. The first-order valence-electron chi connectivity index (χ1n) is 6.51. The van der Waals surface area contributed by atoms with Crippen LogP contribution in [0.15, 0.2) is 0 Å². The molecular formula is C12H21N3O3. The Morgan fingerprint density at radius 3 is 2.61 bits per heavy atom. The lowest BCUT2D eigenvalue weighted by Crippen LogP contribution is -2.48. The summed E-state index contributed by atoms with van der Waals surface area (Å²) in [6.07, 6.45) is 2.41. The molecule has 0 aromatic rings. The Bertz CT molecular complexity index is 341. The largest absolute Gasteiger partial charge is 0.481 e. The third-order valence-corrected chi connectivity index (χ3v) is 3.94. The van der Waals surface area contributed by atoms with Gasteiger partial charge in [-0.3, -0.25) is 4.79 Å². The normalized spacial score (nSPS) is 29.3. The number of piperidine rings is 1. The smallest absolute Gasteiger partial charge is 0.317 e. The second kappa shape index (κ2) is 5.14. The molecule has 2 heterocycles. The molecule has 2 rings (SSSR count). The van der Waals surface area contributed by atoms with E-state index in [1.165, 1.54) is 0 Å². The molecule has 102 valence electrons. The van der Waals surface area contributed by atoms with Crippen molar-refractivity contribution in [3.8, 4) is 0 Å². The topological polar surface area (TPSA) is 81.7 Å². The number of carboxylic acids is 1. The van der Waals surface area contributed by atoms with Crippen molar-refractivity contribution in [1.82, 2.24) is 15.5 Å². The van der Waals surface area contributed by atoms with Gasteiger partial charge in [0, 0.05) is 19.1 Å². The van der Waals surface area contributed by atoms with Gasteiger partial charge in [0.25, 0.3) is 0 Å². The van der Waals surface area contributed by atoms with Crippen LogP contribution in [0.1, 0.15) is 26.2 Å². The molecule has 1 atom stereocenters. The molecule has 2 aliphatic rings. The molecule has 6 heteroatoms. The van der Waals surface area contributed by atoms with Crippen molar-refractivity contribution in [2.75, 3.05) is 26.2 Å². The predicted octanol–water partition coefficient (Wildman–Crippen LogP) is 0.245. The molecule has 3 N–H and O–H groups in total. The Morgan fingerprint density at radius 1 is 1.39 bits per heavy atom. The molecule has 0 aromatic heterocycles. The number of urea groups is 1. The summed E-state index contributed by atoms with van der Waals surface area (Å²) >= 11 is 0. The van der Waals surface area contributed by atoms with E-state index in [1.54, 1.807) is 11.8 Å². The lowest BCUT2D eigenvalue weighted by molar-refractivity contribution is -0.146. The van der Waals surface area contributed by atoms with E-state index in [0.717, 1.165) is 25.9 Å². The number of carboxylic acid groups (broad SMARTS) is 1. The number of hydrogen-bond acceptors (Lipinski definition) is 3. The average Bonchev–Trinajstić information content (AvgIpc) is 2.75. The highest BCUT2D eigenvalue weighted by molar-refractivity contribution is 5.79. The van der Waals surface area contributed by atoms with Gasteiger partial charge in [-0.2, -0.15) is 0 Å². The average molecular weight is 255 g/mol. The van der Waals surface area contributed by atoms with Crippen LogP contribution in [0.25, 0.3) is 0 Å². The van der Waals surface area contributed by atoms with Gasteiger partial charge in [0.05, 0.1) is 5.41 Å². The fourth-order valence-corrected chi connectivity index (χ4v) is 2.54. The Kier molecular flexibility index (Phi) is 3.75. The summed E-state index contributed by atoms with van der Waals surface area (Å²) in [6, 6.07) is 0.0994. The summed E-state index contributed by atoms with van der Waals surface area (Å²) < 4.78 is 0. The molecule has 0 aromatic carbocycles. The van der Waals surface area contributed by atoms with Crippen molar-refractivity contribution in [1.29, 1.82) is 0 Å². The van der Waals surface area contributed by atoms with Crippen LogP contribution in [0.3, 0.4) is 0 Å². The van der Waals surface area contributed by atoms with E-state index in [2.05, 4.69) is 10.6 Å². The summed E-state index contributed by atoms with van der Waals surface area (Å²) in [7, 11) is 0. The van der Waals surface area contributed by atoms with Crippen LogP contribution in [0.4, 0.5) is 4.79 Å². The number of likely N-dealkylation sites (tertiary alicyclic amines) is 1. The summed E-state index contributed by atoms with van der Waals surface area (Å²) in [4.78, 5) is 24.8. The maximum Gasteiger partial charge on any atom is 0.317 e. The fraction of sp³-hybridized carbons (Fsp3) is 0.833. The van der Waals surface area contributed by atoms with E-state index in [4.69, 9.17) is 5.11 Å². The van der Waals surface area contributed by atoms with E-state index < -0.39 is 11.4 Å². The molecule has 2 saturated heterocycles. The van der Waals surface area contributed by atoms with E-state index in [-0.39, 0.29) is 12.1 Å². The van der Waals surface area contributed by atoms with Gasteiger partial charge in [0.15, 0.2) is 0 Å². The van der Waals surface area contributed by atoms with Gasteiger partial charge in [-0.25, -0.2) is 4.79 Å². The Labute approximate surface area is 107 Å². The number of aliphatic carboxylic acids is 1. The number of amides is 2. The number of hydrogen-bond donors (Lipinski definition) is 3. The lowest BCUT2D eigenvalue weighted by Gasteiger charge is -2.27. The number of nitrogens with one attached hydrogen (secondary N) is 2. The van der Waals surface area contributed by atoms with E-state index in [1.807, 2.05) is 0 Å². The molecule has 0 radical (unpaired) electrons. The van der Waals surface area contributed by atoms with Crippen molar-refractivity contribution in [3.05, 3.63) is 0 Å². The van der Waals surface area contributed by atoms with Gasteiger partial charge < -0.3 is 20.6 Å². The van der Waals surface area contributed by atoms with Crippen LogP contribution >= 0.6 is 0 Å². The molecule has 2 amide bonds. The summed E-state index contributed by atoms with van der Waals surface area (Å²) in [6.45, 7) is 4.39.